The van der Waals surface area contributed by atoms with Crippen LogP contribution in [0.25, 0.3) is 0 Å². The van der Waals surface area contributed by atoms with E-state index in [0.717, 1.165) is 49.7 Å². The molecule has 6 atom stereocenters. The standard InChI is InChI=1S/C28H34O3/c1-18(29)31-21-13-15-27(2)20(17-21)9-10-22-23-11-12-25(28(23,3)16-14-24(22)27)26(30)19-7-5-4-6-8-19/h4-9,12,21-24H,10-11,13-17H2,1-3H3/t21-,22-,23+,24-,27-,28-/m0/s1. The molecule has 0 radical (unpaired) electrons. The highest BCUT2D eigenvalue weighted by molar-refractivity contribution is 6.09. The molecule has 0 spiro atoms. The molecule has 164 valence electrons. The van der Waals surface area contributed by atoms with Gasteiger partial charge in [0.1, 0.15) is 6.10 Å². The summed E-state index contributed by atoms with van der Waals surface area (Å²) in [6.45, 7) is 6.33. The summed E-state index contributed by atoms with van der Waals surface area (Å²) in [5.74, 6) is 1.92. The lowest BCUT2D eigenvalue weighted by molar-refractivity contribution is -0.148. The Labute approximate surface area is 185 Å². The van der Waals surface area contributed by atoms with E-state index in [9.17, 15) is 9.59 Å². The van der Waals surface area contributed by atoms with Crippen molar-refractivity contribution in [2.75, 3.05) is 0 Å². The average molecular weight is 419 g/mol. The Bertz CT molecular complexity index is 958. The van der Waals surface area contributed by atoms with Gasteiger partial charge in [-0.1, -0.05) is 61.9 Å². The van der Waals surface area contributed by atoms with Gasteiger partial charge >= 0.3 is 5.97 Å². The summed E-state index contributed by atoms with van der Waals surface area (Å²) < 4.78 is 5.56. The number of ether oxygens (including phenoxy) is 1. The normalized spacial score (nSPS) is 38.8. The number of allylic oxidation sites excluding steroid dienone is 3. The molecule has 2 fully saturated rings. The molecule has 0 N–H and O–H groups in total. The molecule has 0 saturated heterocycles. The largest absolute Gasteiger partial charge is 0.462 e. The summed E-state index contributed by atoms with van der Waals surface area (Å²) >= 11 is 0. The van der Waals surface area contributed by atoms with Crippen LogP contribution < -0.4 is 0 Å². The molecular formula is C28H34O3. The predicted octanol–water partition coefficient (Wildman–Crippen LogP) is 6.30. The lowest BCUT2D eigenvalue weighted by Gasteiger charge is -2.57. The maximum absolute atomic E-state index is 13.4. The fourth-order valence-electron chi connectivity index (χ4n) is 7.63. The van der Waals surface area contributed by atoms with Crippen molar-refractivity contribution in [1.82, 2.24) is 0 Å². The topological polar surface area (TPSA) is 43.4 Å². The minimum atomic E-state index is -0.163. The van der Waals surface area contributed by atoms with Crippen LogP contribution in [0.3, 0.4) is 0 Å². The molecule has 4 aliphatic rings. The zero-order chi connectivity index (χ0) is 21.8. The highest BCUT2D eigenvalue weighted by Gasteiger charge is 2.57. The molecule has 0 unspecified atom stereocenters. The number of hydrogen-bond acceptors (Lipinski definition) is 3. The first-order valence-corrected chi connectivity index (χ1v) is 12.0. The van der Waals surface area contributed by atoms with Crippen molar-refractivity contribution in [3.8, 4) is 0 Å². The molecule has 0 aromatic heterocycles. The second-order valence-corrected chi connectivity index (χ2v) is 10.7. The van der Waals surface area contributed by atoms with E-state index in [2.05, 4.69) is 26.0 Å². The van der Waals surface area contributed by atoms with Crippen LogP contribution in [0.15, 0.2) is 53.6 Å². The molecule has 1 aromatic rings. The second-order valence-electron chi connectivity index (χ2n) is 10.7. The van der Waals surface area contributed by atoms with E-state index in [1.807, 2.05) is 30.3 Å². The summed E-state index contributed by atoms with van der Waals surface area (Å²) in [5, 5.41) is 0. The molecule has 5 rings (SSSR count). The van der Waals surface area contributed by atoms with Crippen LogP contribution in [-0.2, 0) is 9.53 Å². The number of Topliss-reactive ketones (excluding diaryl/α,β-unsaturated/α-hetero) is 1. The smallest absolute Gasteiger partial charge is 0.302 e. The van der Waals surface area contributed by atoms with Crippen LogP contribution in [0.1, 0.15) is 76.1 Å². The second kappa shape index (κ2) is 7.46. The Morgan fingerprint density at radius 2 is 1.68 bits per heavy atom. The molecule has 2 saturated carbocycles. The van der Waals surface area contributed by atoms with Crippen molar-refractivity contribution >= 4 is 11.8 Å². The van der Waals surface area contributed by atoms with E-state index in [1.54, 1.807) is 0 Å². The van der Waals surface area contributed by atoms with Crippen molar-refractivity contribution in [2.24, 2.45) is 28.6 Å². The van der Waals surface area contributed by atoms with Gasteiger partial charge in [-0.25, -0.2) is 0 Å². The number of fused-ring (bicyclic) bond motifs is 5. The fraction of sp³-hybridized carbons (Fsp3) is 0.571. The number of hydrogen-bond donors (Lipinski definition) is 0. The first-order valence-electron chi connectivity index (χ1n) is 12.0. The first kappa shape index (κ1) is 20.7. The third-order valence-electron chi connectivity index (χ3n) is 9.25. The molecule has 1 aromatic carbocycles. The van der Waals surface area contributed by atoms with Gasteiger partial charge in [0.2, 0.25) is 0 Å². The highest BCUT2D eigenvalue weighted by atomic mass is 16.5. The Kier molecular flexibility index (Phi) is 4.99. The zero-order valence-corrected chi connectivity index (χ0v) is 19.0. The van der Waals surface area contributed by atoms with Gasteiger partial charge in [-0.05, 0) is 67.1 Å². The zero-order valence-electron chi connectivity index (χ0n) is 19.0. The minimum absolute atomic E-state index is 0.00919. The molecule has 0 aliphatic heterocycles. The van der Waals surface area contributed by atoms with Gasteiger partial charge in [0.15, 0.2) is 5.78 Å². The lowest BCUT2D eigenvalue weighted by Crippen LogP contribution is -2.50. The van der Waals surface area contributed by atoms with E-state index in [4.69, 9.17) is 4.74 Å². The molecule has 4 aliphatic carbocycles. The number of benzene rings is 1. The van der Waals surface area contributed by atoms with Gasteiger partial charge < -0.3 is 4.74 Å². The predicted molar refractivity (Wildman–Crippen MR) is 121 cm³/mol. The Morgan fingerprint density at radius 3 is 2.42 bits per heavy atom. The number of carbonyl (C=O) groups excluding carboxylic acids is 2. The molecule has 31 heavy (non-hydrogen) atoms. The maximum Gasteiger partial charge on any atom is 0.302 e. The van der Waals surface area contributed by atoms with Gasteiger partial charge in [0.25, 0.3) is 0 Å². The molecule has 3 heteroatoms. The van der Waals surface area contributed by atoms with Gasteiger partial charge in [-0.15, -0.1) is 0 Å². The fourth-order valence-corrected chi connectivity index (χ4v) is 7.63. The number of esters is 1. The van der Waals surface area contributed by atoms with Crippen LogP contribution in [0.2, 0.25) is 0 Å². The summed E-state index contributed by atoms with van der Waals surface area (Å²) in [6, 6.07) is 9.78. The van der Waals surface area contributed by atoms with Crippen molar-refractivity contribution in [3.63, 3.8) is 0 Å². The van der Waals surface area contributed by atoms with Gasteiger partial charge in [0, 0.05) is 24.5 Å². The van der Waals surface area contributed by atoms with Crippen LogP contribution in [-0.4, -0.2) is 17.9 Å². The van der Waals surface area contributed by atoms with Gasteiger partial charge in [-0.2, -0.15) is 0 Å². The molecular weight excluding hydrogens is 384 g/mol. The van der Waals surface area contributed by atoms with E-state index < -0.39 is 0 Å². The maximum atomic E-state index is 13.4. The third-order valence-corrected chi connectivity index (χ3v) is 9.25. The molecule has 3 nitrogen and oxygen atoms in total. The first-order chi connectivity index (χ1) is 14.8. The van der Waals surface area contributed by atoms with Crippen molar-refractivity contribution in [1.29, 1.82) is 0 Å². The van der Waals surface area contributed by atoms with Gasteiger partial charge in [0.05, 0.1) is 0 Å². The van der Waals surface area contributed by atoms with Crippen LogP contribution in [0, 0.1) is 28.6 Å². The number of carbonyl (C=O) groups is 2. The molecule has 0 heterocycles. The van der Waals surface area contributed by atoms with E-state index in [1.165, 1.54) is 18.9 Å². The molecule has 0 amide bonds. The van der Waals surface area contributed by atoms with Crippen LogP contribution in [0.4, 0.5) is 0 Å². The number of ketones is 1. The summed E-state index contributed by atoms with van der Waals surface area (Å²) in [7, 11) is 0. The Balaban J connectivity index is 1.39. The lowest BCUT2D eigenvalue weighted by atomic mass is 9.47. The van der Waals surface area contributed by atoms with Crippen molar-refractivity contribution in [2.45, 2.75) is 71.8 Å². The quantitative estimate of drug-likeness (QED) is 0.329. The summed E-state index contributed by atoms with van der Waals surface area (Å²) in [6.07, 6.45) is 12.2. The van der Waals surface area contributed by atoms with E-state index in [-0.39, 0.29) is 28.7 Å². The third kappa shape index (κ3) is 3.23. The van der Waals surface area contributed by atoms with Gasteiger partial charge in [-0.3, -0.25) is 9.59 Å². The van der Waals surface area contributed by atoms with Crippen molar-refractivity contribution < 1.29 is 14.3 Å². The minimum Gasteiger partial charge on any atom is -0.462 e. The van der Waals surface area contributed by atoms with Crippen LogP contribution in [0.5, 0.6) is 0 Å². The van der Waals surface area contributed by atoms with Crippen molar-refractivity contribution in [3.05, 3.63) is 59.2 Å². The highest BCUT2D eigenvalue weighted by Crippen LogP contribution is 2.65. The SMILES string of the molecule is CC(=O)O[C@H]1CC[C@@]2(C)C(=CC[C@H]3[C@H]4CC=C(C(=O)c5ccccc5)[C@@]4(C)CC[C@@H]32)C1. The average Bonchev–Trinajstić information content (AvgIpc) is 3.11. The summed E-state index contributed by atoms with van der Waals surface area (Å²) in [5.41, 5.74) is 3.60. The van der Waals surface area contributed by atoms with E-state index in [0.29, 0.717) is 17.8 Å². The Hall–Kier alpha value is -2.16. The monoisotopic (exact) mass is 418 g/mol. The Morgan fingerprint density at radius 1 is 0.935 bits per heavy atom. The van der Waals surface area contributed by atoms with E-state index >= 15 is 0 Å². The summed E-state index contributed by atoms with van der Waals surface area (Å²) in [4.78, 5) is 24.8. The number of rotatable bonds is 3. The molecule has 0 bridgehead atoms. The van der Waals surface area contributed by atoms with Crippen LogP contribution >= 0.6 is 0 Å².